The minimum absolute atomic E-state index is 0.209. The Morgan fingerprint density at radius 2 is 1.96 bits per heavy atom. The second kappa shape index (κ2) is 10.6. The highest BCUT2D eigenvalue weighted by Gasteiger charge is 2.17. The Labute approximate surface area is 154 Å². The van der Waals surface area contributed by atoms with Gasteiger partial charge in [0.25, 0.3) is 0 Å². The lowest BCUT2D eigenvalue weighted by molar-refractivity contribution is -0.139. The molecule has 1 aromatic carbocycles. The summed E-state index contributed by atoms with van der Waals surface area (Å²) in [6.07, 6.45) is 7.37. The van der Waals surface area contributed by atoms with Crippen LogP contribution in [0.15, 0.2) is 35.9 Å². The number of nitrogens with one attached hydrogen (secondary N) is 2. The second-order valence-electron chi connectivity index (χ2n) is 6.33. The Bertz CT molecular complexity index is 642. The molecule has 0 heterocycles. The Morgan fingerprint density at radius 1 is 1.15 bits per heavy atom. The maximum Gasteiger partial charge on any atom is 0.309 e. The molecule has 1 unspecified atom stereocenters. The lowest BCUT2D eigenvalue weighted by atomic mass is 9.97. The van der Waals surface area contributed by atoms with Gasteiger partial charge in [-0.2, -0.15) is 0 Å². The minimum Gasteiger partial charge on any atom is -0.497 e. The number of carbonyl (C=O) groups is 2. The van der Waals surface area contributed by atoms with E-state index >= 15 is 0 Å². The molecule has 26 heavy (non-hydrogen) atoms. The summed E-state index contributed by atoms with van der Waals surface area (Å²) in [6.45, 7) is 0.697. The predicted octanol–water partition coefficient (Wildman–Crippen LogP) is 2.51. The van der Waals surface area contributed by atoms with E-state index in [0.717, 1.165) is 24.8 Å². The zero-order chi connectivity index (χ0) is 18.8. The van der Waals surface area contributed by atoms with Crippen LogP contribution in [0.3, 0.4) is 0 Å². The zero-order valence-electron chi connectivity index (χ0n) is 15.5. The van der Waals surface area contributed by atoms with Crippen LogP contribution in [0.25, 0.3) is 0 Å². The first-order valence-electron chi connectivity index (χ1n) is 9.04. The summed E-state index contributed by atoms with van der Waals surface area (Å²) in [6, 6.07) is 7.43. The summed E-state index contributed by atoms with van der Waals surface area (Å²) in [5.74, 6) is -0.542. The second-order valence-corrected chi connectivity index (χ2v) is 6.33. The summed E-state index contributed by atoms with van der Waals surface area (Å²) < 4.78 is 10.6. The van der Waals surface area contributed by atoms with E-state index in [2.05, 4.69) is 16.7 Å². The standard InChI is InChI=1S/C20H28N2O4/c1-25-17-10-6-9-16(13-17)18(26-2)14-22-20(24)19(23)21-12-11-15-7-4-3-5-8-15/h6-7,9-10,13,18H,3-5,8,11-12,14H2,1-2H3,(H,21,23)(H,22,24). The molecule has 0 saturated carbocycles. The van der Waals surface area contributed by atoms with Gasteiger partial charge in [-0.05, 0) is 49.8 Å². The molecule has 2 N–H and O–H groups in total. The van der Waals surface area contributed by atoms with Gasteiger partial charge in [0.1, 0.15) is 5.75 Å². The first-order valence-corrected chi connectivity index (χ1v) is 9.04. The number of benzene rings is 1. The van der Waals surface area contributed by atoms with Crippen molar-refractivity contribution in [2.24, 2.45) is 0 Å². The number of allylic oxidation sites excluding steroid dienone is 1. The van der Waals surface area contributed by atoms with Gasteiger partial charge in [-0.3, -0.25) is 9.59 Å². The summed E-state index contributed by atoms with van der Waals surface area (Å²) in [5.41, 5.74) is 2.24. The third kappa shape index (κ3) is 6.19. The SMILES string of the molecule is COc1cccc(C(CNC(=O)C(=O)NCCC2=CCCCC2)OC)c1. The molecule has 0 aliphatic heterocycles. The van der Waals surface area contributed by atoms with Crippen LogP contribution in [0, 0.1) is 0 Å². The van der Waals surface area contributed by atoms with Crippen LogP contribution >= 0.6 is 0 Å². The quantitative estimate of drug-likeness (QED) is 0.552. The van der Waals surface area contributed by atoms with Gasteiger partial charge >= 0.3 is 11.8 Å². The number of hydrogen-bond acceptors (Lipinski definition) is 4. The van der Waals surface area contributed by atoms with Crippen LogP contribution in [0.1, 0.15) is 43.8 Å². The molecule has 1 atom stereocenters. The third-order valence-corrected chi connectivity index (χ3v) is 4.52. The van der Waals surface area contributed by atoms with Gasteiger partial charge < -0.3 is 20.1 Å². The molecule has 0 fully saturated rings. The van der Waals surface area contributed by atoms with Crippen molar-refractivity contribution in [1.29, 1.82) is 0 Å². The van der Waals surface area contributed by atoms with Gasteiger partial charge in [-0.15, -0.1) is 0 Å². The highest BCUT2D eigenvalue weighted by molar-refractivity contribution is 6.35. The van der Waals surface area contributed by atoms with Crippen molar-refractivity contribution in [3.05, 3.63) is 41.5 Å². The number of carbonyl (C=O) groups excluding carboxylic acids is 2. The fourth-order valence-electron chi connectivity index (χ4n) is 2.99. The maximum absolute atomic E-state index is 12.0. The van der Waals surface area contributed by atoms with Crippen LogP contribution < -0.4 is 15.4 Å². The number of rotatable bonds is 8. The van der Waals surface area contributed by atoms with E-state index in [-0.39, 0.29) is 12.6 Å². The van der Waals surface area contributed by atoms with Gasteiger partial charge in [0.2, 0.25) is 0 Å². The van der Waals surface area contributed by atoms with Crippen LogP contribution in [0.5, 0.6) is 5.75 Å². The molecule has 1 aromatic rings. The molecule has 2 amide bonds. The summed E-state index contributed by atoms with van der Waals surface area (Å²) >= 11 is 0. The maximum atomic E-state index is 12.0. The first kappa shape index (κ1) is 20.0. The molecule has 0 bridgehead atoms. The highest BCUT2D eigenvalue weighted by atomic mass is 16.5. The van der Waals surface area contributed by atoms with Crippen LogP contribution in [-0.2, 0) is 14.3 Å². The van der Waals surface area contributed by atoms with Gasteiger partial charge in [0, 0.05) is 20.2 Å². The summed E-state index contributed by atoms with van der Waals surface area (Å²) in [4.78, 5) is 23.9. The van der Waals surface area contributed by atoms with Crippen molar-refractivity contribution in [1.82, 2.24) is 10.6 Å². The first-order chi connectivity index (χ1) is 12.6. The largest absolute Gasteiger partial charge is 0.497 e. The number of hydrogen-bond donors (Lipinski definition) is 2. The number of amides is 2. The Morgan fingerprint density at radius 3 is 2.65 bits per heavy atom. The van der Waals surface area contributed by atoms with E-state index in [1.165, 1.54) is 18.4 Å². The van der Waals surface area contributed by atoms with Crippen LogP contribution in [0.2, 0.25) is 0 Å². The highest BCUT2D eigenvalue weighted by Crippen LogP contribution is 2.21. The average molecular weight is 360 g/mol. The van der Waals surface area contributed by atoms with E-state index in [4.69, 9.17) is 9.47 Å². The van der Waals surface area contributed by atoms with Crippen molar-refractivity contribution in [2.45, 2.75) is 38.2 Å². The Balaban J connectivity index is 1.76. The van der Waals surface area contributed by atoms with Gasteiger partial charge in [0.15, 0.2) is 0 Å². The molecule has 6 nitrogen and oxygen atoms in total. The van der Waals surface area contributed by atoms with E-state index in [1.807, 2.05) is 24.3 Å². The smallest absolute Gasteiger partial charge is 0.309 e. The predicted molar refractivity (Wildman–Crippen MR) is 99.9 cm³/mol. The van der Waals surface area contributed by atoms with Crippen molar-refractivity contribution < 1.29 is 19.1 Å². The average Bonchev–Trinajstić information content (AvgIpc) is 2.69. The number of ether oxygens (including phenoxy) is 2. The molecule has 1 aliphatic carbocycles. The molecular weight excluding hydrogens is 332 g/mol. The van der Waals surface area contributed by atoms with E-state index in [9.17, 15) is 9.59 Å². The van der Waals surface area contributed by atoms with E-state index in [0.29, 0.717) is 12.3 Å². The minimum atomic E-state index is -0.646. The molecule has 0 saturated heterocycles. The molecule has 1 aliphatic rings. The Hall–Kier alpha value is -2.34. The van der Waals surface area contributed by atoms with E-state index < -0.39 is 11.8 Å². The van der Waals surface area contributed by atoms with Crippen molar-refractivity contribution in [3.8, 4) is 5.75 Å². The van der Waals surface area contributed by atoms with Gasteiger partial charge in [-0.1, -0.05) is 23.8 Å². The fourth-order valence-corrected chi connectivity index (χ4v) is 2.99. The molecule has 0 spiro atoms. The molecular formula is C20H28N2O4. The molecule has 2 rings (SSSR count). The normalized spacial score (nSPS) is 14.9. The van der Waals surface area contributed by atoms with Gasteiger partial charge in [0.05, 0.1) is 13.2 Å². The van der Waals surface area contributed by atoms with Crippen molar-refractivity contribution in [2.75, 3.05) is 27.3 Å². The van der Waals surface area contributed by atoms with Crippen LogP contribution in [-0.4, -0.2) is 39.1 Å². The van der Waals surface area contributed by atoms with Crippen molar-refractivity contribution >= 4 is 11.8 Å². The topological polar surface area (TPSA) is 76.7 Å². The van der Waals surface area contributed by atoms with E-state index in [1.54, 1.807) is 14.2 Å². The monoisotopic (exact) mass is 360 g/mol. The zero-order valence-corrected chi connectivity index (χ0v) is 15.5. The Kier molecular flexibility index (Phi) is 8.15. The molecule has 6 heteroatoms. The van der Waals surface area contributed by atoms with Crippen LogP contribution in [0.4, 0.5) is 0 Å². The summed E-state index contributed by atoms with van der Waals surface area (Å²) in [7, 11) is 3.16. The number of methoxy groups -OCH3 is 2. The molecule has 0 radical (unpaired) electrons. The summed E-state index contributed by atoms with van der Waals surface area (Å²) in [5, 5.41) is 5.30. The van der Waals surface area contributed by atoms with Crippen molar-refractivity contribution in [3.63, 3.8) is 0 Å². The third-order valence-electron chi connectivity index (χ3n) is 4.52. The lowest BCUT2D eigenvalue weighted by Crippen LogP contribution is -2.42. The lowest BCUT2D eigenvalue weighted by Gasteiger charge is -2.17. The fraction of sp³-hybridized carbons (Fsp3) is 0.500. The molecule has 0 aromatic heterocycles. The molecule has 142 valence electrons. The van der Waals surface area contributed by atoms with Gasteiger partial charge in [-0.25, -0.2) is 0 Å².